The number of aromatic nitrogens is 1. The van der Waals surface area contributed by atoms with Crippen LogP contribution in [-0.2, 0) is 4.79 Å². The van der Waals surface area contributed by atoms with Crippen LogP contribution in [-0.4, -0.2) is 29.7 Å². The normalized spacial score (nSPS) is 10.0. The molecule has 6 heteroatoms. The van der Waals surface area contributed by atoms with Gasteiger partial charge in [-0.25, -0.2) is 4.98 Å². The summed E-state index contributed by atoms with van der Waals surface area (Å²) in [6.45, 7) is 0.375. The number of carboxylic acids is 1. The molecule has 0 atom stereocenters. The highest BCUT2D eigenvalue weighted by Crippen LogP contribution is 2.27. The summed E-state index contributed by atoms with van der Waals surface area (Å²) in [7, 11) is 1.75. The SMILES string of the molecule is CN(CCC(=O)O)c1ccnc(Cl)c1N. The van der Waals surface area contributed by atoms with Crippen molar-refractivity contribution in [3.8, 4) is 0 Å². The maximum absolute atomic E-state index is 10.4. The van der Waals surface area contributed by atoms with E-state index in [1.54, 1.807) is 18.0 Å². The first-order valence-corrected chi connectivity index (χ1v) is 4.73. The van der Waals surface area contributed by atoms with Crippen LogP contribution in [0, 0.1) is 0 Å². The number of nitrogens with two attached hydrogens (primary N) is 1. The van der Waals surface area contributed by atoms with Crippen LogP contribution in [0.5, 0.6) is 0 Å². The van der Waals surface area contributed by atoms with E-state index in [1.807, 2.05) is 0 Å². The second kappa shape index (κ2) is 4.84. The summed E-state index contributed by atoms with van der Waals surface area (Å²) in [5.41, 5.74) is 6.76. The highest BCUT2D eigenvalue weighted by molar-refractivity contribution is 6.32. The molecule has 1 heterocycles. The number of rotatable bonds is 4. The topological polar surface area (TPSA) is 79.5 Å². The molecule has 0 radical (unpaired) electrons. The van der Waals surface area contributed by atoms with E-state index in [0.717, 1.165) is 0 Å². The third kappa shape index (κ3) is 2.99. The van der Waals surface area contributed by atoms with Crippen molar-refractivity contribution in [3.05, 3.63) is 17.4 Å². The van der Waals surface area contributed by atoms with E-state index in [0.29, 0.717) is 17.9 Å². The number of aliphatic carboxylic acids is 1. The van der Waals surface area contributed by atoms with Gasteiger partial charge in [-0.1, -0.05) is 11.6 Å². The number of anilines is 2. The monoisotopic (exact) mass is 229 g/mol. The summed E-state index contributed by atoms with van der Waals surface area (Å²) < 4.78 is 0. The summed E-state index contributed by atoms with van der Waals surface area (Å²) >= 11 is 5.74. The lowest BCUT2D eigenvalue weighted by atomic mass is 10.3. The Morgan fingerprint density at radius 1 is 1.73 bits per heavy atom. The van der Waals surface area contributed by atoms with Gasteiger partial charge in [0.15, 0.2) is 5.15 Å². The van der Waals surface area contributed by atoms with E-state index in [9.17, 15) is 4.79 Å². The fraction of sp³-hybridized carbons (Fsp3) is 0.333. The van der Waals surface area contributed by atoms with E-state index in [4.69, 9.17) is 22.4 Å². The molecule has 1 aromatic heterocycles. The van der Waals surface area contributed by atoms with E-state index >= 15 is 0 Å². The predicted molar refractivity (Wildman–Crippen MR) is 59.2 cm³/mol. The van der Waals surface area contributed by atoms with Crippen molar-refractivity contribution in [1.29, 1.82) is 0 Å². The van der Waals surface area contributed by atoms with Crippen LogP contribution in [0.15, 0.2) is 12.3 Å². The van der Waals surface area contributed by atoms with Crippen LogP contribution in [0.25, 0.3) is 0 Å². The largest absolute Gasteiger partial charge is 0.481 e. The number of carboxylic acid groups (broad SMARTS) is 1. The van der Waals surface area contributed by atoms with Crippen molar-refractivity contribution in [2.24, 2.45) is 0 Å². The Hall–Kier alpha value is -1.49. The van der Waals surface area contributed by atoms with Crippen LogP contribution in [0.3, 0.4) is 0 Å². The smallest absolute Gasteiger partial charge is 0.305 e. The summed E-state index contributed by atoms with van der Waals surface area (Å²) in [6.07, 6.45) is 1.58. The van der Waals surface area contributed by atoms with Gasteiger partial charge in [-0.05, 0) is 6.07 Å². The molecule has 0 saturated carbocycles. The molecule has 1 aromatic rings. The molecule has 3 N–H and O–H groups in total. The van der Waals surface area contributed by atoms with Gasteiger partial charge in [-0.2, -0.15) is 0 Å². The fourth-order valence-electron chi connectivity index (χ4n) is 1.15. The van der Waals surface area contributed by atoms with Gasteiger partial charge in [0.05, 0.1) is 17.8 Å². The molecule has 15 heavy (non-hydrogen) atoms. The molecular formula is C9H12ClN3O2. The Morgan fingerprint density at radius 2 is 2.40 bits per heavy atom. The highest BCUT2D eigenvalue weighted by atomic mass is 35.5. The lowest BCUT2D eigenvalue weighted by Crippen LogP contribution is -2.22. The minimum absolute atomic E-state index is 0.0515. The average Bonchev–Trinajstić information content (AvgIpc) is 2.18. The molecular weight excluding hydrogens is 218 g/mol. The zero-order valence-electron chi connectivity index (χ0n) is 8.27. The van der Waals surface area contributed by atoms with Crippen LogP contribution < -0.4 is 10.6 Å². The van der Waals surface area contributed by atoms with Crippen LogP contribution in [0.2, 0.25) is 5.15 Å². The first kappa shape index (κ1) is 11.6. The summed E-state index contributed by atoms with van der Waals surface area (Å²) in [5.74, 6) is -0.847. The quantitative estimate of drug-likeness (QED) is 0.759. The molecule has 82 valence electrons. The zero-order chi connectivity index (χ0) is 11.4. The minimum Gasteiger partial charge on any atom is -0.481 e. The van der Waals surface area contributed by atoms with E-state index in [-0.39, 0.29) is 11.6 Å². The maximum Gasteiger partial charge on any atom is 0.305 e. The number of carbonyl (C=O) groups is 1. The molecule has 0 aliphatic heterocycles. The standard InChI is InChI=1S/C9H12ClN3O2/c1-13(5-3-7(14)15)6-2-4-12-9(10)8(6)11/h2,4H,3,5,11H2,1H3,(H,14,15). The predicted octanol–water partition coefficient (Wildman–Crippen LogP) is 1.23. The molecule has 5 nitrogen and oxygen atoms in total. The van der Waals surface area contributed by atoms with Crippen LogP contribution >= 0.6 is 11.6 Å². The van der Waals surface area contributed by atoms with Crippen molar-refractivity contribution in [2.45, 2.75) is 6.42 Å². The van der Waals surface area contributed by atoms with Gasteiger partial charge in [0, 0.05) is 19.8 Å². The Balaban J connectivity index is 2.77. The van der Waals surface area contributed by atoms with Crippen LogP contribution in [0.1, 0.15) is 6.42 Å². The van der Waals surface area contributed by atoms with E-state index < -0.39 is 5.97 Å². The number of hydrogen-bond donors (Lipinski definition) is 2. The second-order valence-corrected chi connectivity index (χ2v) is 3.46. The second-order valence-electron chi connectivity index (χ2n) is 3.10. The van der Waals surface area contributed by atoms with Gasteiger partial charge < -0.3 is 15.7 Å². The van der Waals surface area contributed by atoms with Crippen molar-refractivity contribution in [1.82, 2.24) is 4.98 Å². The summed E-state index contributed by atoms with van der Waals surface area (Å²) in [4.78, 5) is 15.9. The van der Waals surface area contributed by atoms with Crippen molar-refractivity contribution in [2.75, 3.05) is 24.2 Å². The van der Waals surface area contributed by atoms with E-state index in [2.05, 4.69) is 4.98 Å². The Kier molecular flexibility index (Phi) is 3.74. The Labute approximate surface area is 92.5 Å². The lowest BCUT2D eigenvalue weighted by molar-refractivity contribution is -0.136. The molecule has 0 fully saturated rings. The first-order valence-electron chi connectivity index (χ1n) is 4.35. The highest BCUT2D eigenvalue weighted by Gasteiger charge is 2.09. The van der Waals surface area contributed by atoms with Gasteiger partial charge in [0.2, 0.25) is 0 Å². The molecule has 0 aliphatic carbocycles. The molecule has 0 aromatic carbocycles. The molecule has 0 aliphatic rings. The summed E-state index contributed by atoms with van der Waals surface area (Å²) in [6, 6.07) is 1.70. The van der Waals surface area contributed by atoms with Gasteiger partial charge >= 0.3 is 5.97 Å². The van der Waals surface area contributed by atoms with E-state index in [1.165, 1.54) is 6.20 Å². The Morgan fingerprint density at radius 3 is 3.00 bits per heavy atom. The summed E-state index contributed by atoms with van der Waals surface area (Å²) in [5, 5.41) is 8.77. The number of hydrogen-bond acceptors (Lipinski definition) is 4. The van der Waals surface area contributed by atoms with Crippen molar-refractivity contribution >= 4 is 28.9 Å². The van der Waals surface area contributed by atoms with Gasteiger partial charge in [0.25, 0.3) is 0 Å². The average molecular weight is 230 g/mol. The fourth-order valence-corrected chi connectivity index (χ4v) is 1.31. The third-order valence-electron chi connectivity index (χ3n) is 1.99. The zero-order valence-corrected chi connectivity index (χ0v) is 9.03. The number of nitrogen functional groups attached to an aromatic ring is 1. The number of nitrogens with zero attached hydrogens (tertiary/aromatic N) is 2. The molecule has 0 saturated heterocycles. The molecule has 1 rings (SSSR count). The lowest BCUT2D eigenvalue weighted by Gasteiger charge is -2.20. The maximum atomic E-state index is 10.4. The number of pyridine rings is 1. The van der Waals surface area contributed by atoms with Gasteiger partial charge in [0.1, 0.15) is 0 Å². The molecule has 0 bridgehead atoms. The van der Waals surface area contributed by atoms with Gasteiger partial charge in [-0.15, -0.1) is 0 Å². The van der Waals surface area contributed by atoms with Crippen molar-refractivity contribution < 1.29 is 9.90 Å². The van der Waals surface area contributed by atoms with Crippen LogP contribution in [0.4, 0.5) is 11.4 Å². The first-order chi connectivity index (χ1) is 7.02. The Bertz CT molecular complexity index is 370. The third-order valence-corrected chi connectivity index (χ3v) is 2.29. The van der Waals surface area contributed by atoms with Gasteiger partial charge in [-0.3, -0.25) is 4.79 Å². The molecule has 0 unspecified atom stereocenters. The number of halogens is 1. The minimum atomic E-state index is -0.847. The molecule has 0 spiro atoms. The molecule has 0 amide bonds. The van der Waals surface area contributed by atoms with Crippen molar-refractivity contribution in [3.63, 3.8) is 0 Å².